The summed E-state index contributed by atoms with van der Waals surface area (Å²) in [6.45, 7) is 0. The Morgan fingerprint density at radius 2 is 2.13 bits per heavy atom. The third kappa shape index (κ3) is 1.27. The normalized spacial score (nSPS) is 10.9. The fourth-order valence-electron chi connectivity index (χ4n) is 1.70. The van der Waals surface area contributed by atoms with Crippen LogP contribution in [0.25, 0.3) is 22.2 Å². The van der Waals surface area contributed by atoms with Crippen molar-refractivity contribution in [1.29, 1.82) is 0 Å². The predicted molar refractivity (Wildman–Crippen MR) is 60.3 cm³/mol. The Morgan fingerprint density at radius 1 is 1.20 bits per heavy atom. The maximum atomic E-state index is 5.53. The molecule has 74 valence electrons. The number of imidazole rings is 1. The van der Waals surface area contributed by atoms with Gasteiger partial charge < -0.3 is 15.7 Å². The Labute approximate surface area is 86.1 Å². The molecule has 15 heavy (non-hydrogen) atoms. The van der Waals surface area contributed by atoms with Gasteiger partial charge in [0, 0.05) is 17.3 Å². The maximum Gasteiger partial charge on any atom is 0.197 e. The lowest BCUT2D eigenvalue weighted by molar-refractivity contribution is 1.33. The molecule has 0 saturated carbocycles. The molecule has 0 unspecified atom stereocenters. The summed E-state index contributed by atoms with van der Waals surface area (Å²) in [4.78, 5) is 10.1. The number of anilines is 1. The van der Waals surface area contributed by atoms with Gasteiger partial charge in [-0.3, -0.25) is 0 Å². The molecule has 0 aliphatic carbocycles. The number of aromatic amines is 2. The van der Waals surface area contributed by atoms with E-state index in [0.717, 1.165) is 16.8 Å². The van der Waals surface area contributed by atoms with Crippen LogP contribution in [0, 0.1) is 0 Å². The molecule has 3 rings (SSSR count). The Balaban J connectivity index is 2.18. The quantitative estimate of drug-likeness (QED) is 0.560. The zero-order chi connectivity index (χ0) is 10.3. The van der Waals surface area contributed by atoms with Gasteiger partial charge in [-0.1, -0.05) is 12.1 Å². The Hall–Kier alpha value is -2.23. The van der Waals surface area contributed by atoms with Crippen LogP contribution in [0.5, 0.6) is 0 Å². The van der Waals surface area contributed by atoms with Gasteiger partial charge in [0.25, 0.3) is 0 Å². The van der Waals surface area contributed by atoms with Crippen molar-refractivity contribution >= 4 is 16.9 Å². The zero-order valence-electron chi connectivity index (χ0n) is 7.99. The van der Waals surface area contributed by atoms with E-state index in [1.807, 2.05) is 18.3 Å². The highest BCUT2D eigenvalue weighted by Gasteiger charge is 2.02. The van der Waals surface area contributed by atoms with E-state index in [2.05, 4.69) is 27.1 Å². The Bertz CT molecular complexity index is 606. The van der Waals surface area contributed by atoms with Crippen LogP contribution in [0.15, 0.2) is 36.7 Å². The summed E-state index contributed by atoms with van der Waals surface area (Å²) < 4.78 is 0. The molecule has 0 aliphatic rings. The molecular formula is C11H10N4. The summed E-state index contributed by atoms with van der Waals surface area (Å²) in [6, 6.07) is 8.23. The van der Waals surface area contributed by atoms with E-state index in [9.17, 15) is 0 Å². The number of H-pyrrole nitrogens is 2. The van der Waals surface area contributed by atoms with Gasteiger partial charge >= 0.3 is 0 Å². The third-order valence-corrected chi connectivity index (χ3v) is 2.46. The molecule has 0 fully saturated rings. The summed E-state index contributed by atoms with van der Waals surface area (Å²) >= 11 is 0. The first-order valence-corrected chi connectivity index (χ1v) is 4.71. The van der Waals surface area contributed by atoms with E-state index >= 15 is 0 Å². The summed E-state index contributed by atoms with van der Waals surface area (Å²) in [7, 11) is 0. The first-order valence-electron chi connectivity index (χ1n) is 4.71. The molecule has 0 spiro atoms. The second-order valence-corrected chi connectivity index (χ2v) is 3.46. The first-order chi connectivity index (χ1) is 7.33. The fourth-order valence-corrected chi connectivity index (χ4v) is 1.70. The Kier molecular flexibility index (Phi) is 1.56. The number of rotatable bonds is 1. The van der Waals surface area contributed by atoms with Crippen LogP contribution in [0.4, 0.5) is 5.95 Å². The number of hydrogen-bond donors (Lipinski definition) is 3. The van der Waals surface area contributed by atoms with Crippen molar-refractivity contribution in [3.8, 4) is 11.3 Å². The lowest BCUT2D eigenvalue weighted by Gasteiger charge is -1.97. The number of benzene rings is 1. The van der Waals surface area contributed by atoms with E-state index in [1.54, 1.807) is 6.20 Å². The van der Waals surface area contributed by atoms with E-state index in [-0.39, 0.29) is 0 Å². The van der Waals surface area contributed by atoms with Crippen molar-refractivity contribution in [3.63, 3.8) is 0 Å². The molecule has 2 aromatic heterocycles. The summed E-state index contributed by atoms with van der Waals surface area (Å²) in [5.74, 6) is 0.441. The number of nitrogen functional groups attached to an aromatic ring is 1. The average molecular weight is 198 g/mol. The van der Waals surface area contributed by atoms with Crippen LogP contribution in [-0.2, 0) is 0 Å². The first kappa shape index (κ1) is 8.11. The smallest absolute Gasteiger partial charge is 0.197 e. The van der Waals surface area contributed by atoms with E-state index in [1.165, 1.54) is 5.39 Å². The monoisotopic (exact) mass is 198 g/mol. The maximum absolute atomic E-state index is 5.53. The zero-order valence-corrected chi connectivity index (χ0v) is 7.99. The highest BCUT2D eigenvalue weighted by Crippen LogP contribution is 2.22. The standard InChI is InChI=1S/C11H10N4/c12-11-14-6-10(15-11)8-2-1-7-3-4-13-9(7)5-8/h1-6,13H,(H3,12,14,15). The number of nitrogens with zero attached hydrogens (tertiary/aromatic N) is 1. The van der Waals surface area contributed by atoms with Crippen molar-refractivity contribution in [2.45, 2.75) is 0 Å². The predicted octanol–water partition coefficient (Wildman–Crippen LogP) is 2.14. The van der Waals surface area contributed by atoms with Crippen molar-refractivity contribution in [2.75, 3.05) is 5.73 Å². The molecule has 1 aromatic carbocycles. The second-order valence-electron chi connectivity index (χ2n) is 3.46. The minimum absolute atomic E-state index is 0.441. The minimum atomic E-state index is 0.441. The third-order valence-electron chi connectivity index (χ3n) is 2.46. The molecule has 4 nitrogen and oxygen atoms in total. The molecule has 0 radical (unpaired) electrons. The molecule has 4 N–H and O–H groups in total. The molecule has 0 bridgehead atoms. The lowest BCUT2D eigenvalue weighted by atomic mass is 10.1. The topological polar surface area (TPSA) is 70.5 Å². The molecule has 0 atom stereocenters. The van der Waals surface area contributed by atoms with Gasteiger partial charge in [-0.25, -0.2) is 4.98 Å². The lowest BCUT2D eigenvalue weighted by Crippen LogP contribution is -1.85. The van der Waals surface area contributed by atoms with Crippen molar-refractivity contribution in [2.24, 2.45) is 0 Å². The summed E-state index contributed by atoms with van der Waals surface area (Å²) in [6.07, 6.45) is 3.66. The van der Waals surface area contributed by atoms with Gasteiger partial charge in [0.2, 0.25) is 0 Å². The number of nitrogens with two attached hydrogens (primary N) is 1. The number of aromatic nitrogens is 3. The van der Waals surface area contributed by atoms with Crippen molar-refractivity contribution in [1.82, 2.24) is 15.0 Å². The number of fused-ring (bicyclic) bond motifs is 1. The van der Waals surface area contributed by atoms with Crippen LogP contribution in [0.1, 0.15) is 0 Å². The minimum Gasteiger partial charge on any atom is -0.369 e. The van der Waals surface area contributed by atoms with E-state index < -0.39 is 0 Å². The molecular weight excluding hydrogens is 188 g/mol. The average Bonchev–Trinajstić information content (AvgIpc) is 2.84. The molecule has 4 heteroatoms. The van der Waals surface area contributed by atoms with Gasteiger partial charge in [0.05, 0.1) is 11.9 Å². The van der Waals surface area contributed by atoms with Gasteiger partial charge in [-0.05, 0) is 17.5 Å². The Morgan fingerprint density at radius 3 is 2.93 bits per heavy atom. The van der Waals surface area contributed by atoms with Gasteiger partial charge in [-0.2, -0.15) is 0 Å². The summed E-state index contributed by atoms with van der Waals surface area (Å²) in [5.41, 5.74) is 8.66. The SMILES string of the molecule is Nc1ncc(-c2ccc3cc[nH]c3c2)[nH]1. The van der Waals surface area contributed by atoms with Crippen LogP contribution in [0.2, 0.25) is 0 Å². The molecule has 3 aromatic rings. The molecule has 0 saturated heterocycles. The van der Waals surface area contributed by atoms with Crippen LogP contribution in [-0.4, -0.2) is 15.0 Å². The van der Waals surface area contributed by atoms with Crippen LogP contribution < -0.4 is 5.73 Å². The fraction of sp³-hybridized carbons (Fsp3) is 0. The van der Waals surface area contributed by atoms with Crippen LogP contribution in [0.3, 0.4) is 0 Å². The van der Waals surface area contributed by atoms with Crippen molar-refractivity contribution in [3.05, 3.63) is 36.7 Å². The number of hydrogen-bond acceptors (Lipinski definition) is 2. The highest BCUT2D eigenvalue weighted by molar-refractivity contribution is 5.84. The molecule has 0 amide bonds. The largest absolute Gasteiger partial charge is 0.369 e. The summed E-state index contributed by atoms with van der Waals surface area (Å²) in [5, 5.41) is 1.20. The van der Waals surface area contributed by atoms with E-state index in [0.29, 0.717) is 5.95 Å². The number of nitrogens with one attached hydrogen (secondary N) is 2. The highest BCUT2D eigenvalue weighted by atomic mass is 15.0. The second kappa shape index (κ2) is 2.88. The van der Waals surface area contributed by atoms with Gasteiger partial charge in [0.15, 0.2) is 5.95 Å². The van der Waals surface area contributed by atoms with Gasteiger partial charge in [0.1, 0.15) is 0 Å². The van der Waals surface area contributed by atoms with Gasteiger partial charge in [-0.15, -0.1) is 0 Å². The van der Waals surface area contributed by atoms with Crippen LogP contribution >= 0.6 is 0 Å². The molecule has 2 heterocycles. The van der Waals surface area contributed by atoms with Crippen molar-refractivity contribution < 1.29 is 0 Å². The van der Waals surface area contributed by atoms with E-state index in [4.69, 9.17) is 5.73 Å². The molecule has 0 aliphatic heterocycles.